The number of nitrogens with zero attached hydrogens (tertiary/aromatic N) is 1. The van der Waals surface area contributed by atoms with Gasteiger partial charge in [0, 0.05) is 42.5 Å². The van der Waals surface area contributed by atoms with Gasteiger partial charge in [-0.05, 0) is 62.2 Å². The molecule has 1 heterocycles. The number of rotatable bonds is 5. The fraction of sp³-hybridized carbons (Fsp3) is 0.348. The summed E-state index contributed by atoms with van der Waals surface area (Å²) in [6, 6.07) is 10.6. The Morgan fingerprint density at radius 3 is 2.15 bits per heavy atom. The number of carbonyl (C=O) groups excluding carboxylic acids is 3. The number of likely N-dealkylation sites (tertiary alicyclic amines) is 1. The van der Waals surface area contributed by atoms with Crippen LogP contribution in [0.15, 0.2) is 48.5 Å². The molecule has 1 saturated heterocycles. The third kappa shape index (κ3) is 6.47. The predicted molar refractivity (Wildman–Crippen MR) is 118 cm³/mol. The lowest BCUT2D eigenvalue weighted by molar-refractivity contribution is -0.137. The molecule has 0 bridgehead atoms. The second-order valence-electron chi connectivity index (χ2n) is 7.70. The number of amides is 4. The standard InChI is InChI=1S/C23H25F3N4O3/c1-2-27-22(33)29-19-5-3-4-18(14-19)28-20(31)15-10-12-30(13-11-15)21(32)16-6-8-17(9-7-16)23(24,25)26/h3-9,14-15H,2,10-13H2,1H3,(H,28,31)(H2,27,29,33). The zero-order chi connectivity index (χ0) is 24.0. The molecule has 0 radical (unpaired) electrons. The first kappa shape index (κ1) is 24.1. The average molecular weight is 462 g/mol. The highest BCUT2D eigenvalue weighted by molar-refractivity contribution is 5.96. The molecular weight excluding hydrogens is 437 g/mol. The van der Waals surface area contributed by atoms with Crippen LogP contribution in [0, 0.1) is 5.92 Å². The van der Waals surface area contributed by atoms with Gasteiger partial charge in [-0.2, -0.15) is 13.2 Å². The fourth-order valence-electron chi connectivity index (χ4n) is 3.58. The van der Waals surface area contributed by atoms with Crippen molar-refractivity contribution in [1.82, 2.24) is 10.2 Å². The number of urea groups is 1. The maximum Gasteiger partial charge on any atom is 0.416 e. The summed E-state index contributed by atoms with van der Waals surface area (Å²) in [5.74, 6) is -0.847. The maximum absolute atomic E-state index is 12.7. The summed E-state index contributed by atoms with van der Waals surface area (Å²) in [6.45, 7) is 2.95. The molecule has 33 heavy (non-hydrogen) atoms. The highest BCUT2D eigenvalue weighted by Crippen LogP contribution is 2.29. The van der Waals surface area contributed by atoms with Crippen molar-refractivity contribution < 1.29 is 27.6 Å². The normalized spacial score (nSPS) is 14.5. The van der Waals surface area contributed by atoms with Gasteiger partial charge in [0.05, 0.1) is 5.56 Å². The van der Waals surface area contributed by atoms with Gasteiger partial charge in [-0.1, -0.05) is 6.07 Å². The highest BCUT2D eigenvalue weighted by Gasteiger charge is 2.31. The maximum atomic E-state index is 12.7. The SMILES string of the molecule is CCNC(=O)Nc1cccc(NC(=O)C2CCN(C(=O)c3ccc(C(F)(F)F)cc3)CC2)c1. The largest absolute Gasteiger partial charge is 0.416 e. The minimum atomic E-state index is -4.45. The van der Waals surface area contributed by atoms with Crippen molar-refractivity contribution in [1.29, 1.82) is 0 Å². The molecule has 1 fully saturated rings. The lowest BCUT2D eigenvalue weighted by atomic mass is 9.95. The summed E-state index contributed by atoms with van der Waals surface area (Å²) in [5, 5.41) is 8.13. The summed E-state index contributed by atoms with van der Waals surface area (Å²) >= 11 is 0. The highest BCUT2D eigenvalue weighted by atomic mass is 19.4. The van der Waals surface area contributed by atoms with Crippen LogP contribution in [0.4, 0.5) is 29.3 Å². The Morgan fingerprint density at radius 2 is 1.58 bits per heavy atom. The van der Waals surface area contributed by atoms with E-state index in [-0.39, 0.29) is 29.3 Å². The molecule has 3 N–H and O–H groups in total. The summed E-state index contributed by atoms with van der Waals surface area (Å²) in [6.07, 6.45) is -3.57. The third-order valence-corrected chi connectivity index (χ3v) is 5.34. The van der Waals surface area contributed by atoms with Gasteiger partial charge in [-0.25, -0.2) is 4.79 Å². The molecule has 176 valence electrons. The van der Waals surface area contributed by atoms with Crippen LogP contribution < -0.4 is 16.0 Å². The summed E-state index contributed by atoms with van der Waals surface area (Å²) in [5.41, 5.74) is 0.454. The van der Waals surface area contributed by atoms with Crippen molar-refractivity contribution >= 4 is 29.2 Å². The molecule has 0 unspecified atom stereocenters. The van der Waals surface area contributed by atoms with Gasteiger partial charge in [0.2, 0.25) is 5.91 Å². The lowest BCUT2D eigenvalue weighted by Crippen LogP contribution is -2.41. The van der Waals surface area contributed by atoms with Crippen molar-refractivity contribution in [2.75, 3.05) is 30.3 Å². The Morgan fingerprint density at radius 1 is 0.970 bits per heavy atom. The lowest BCUT2D eigenvalue weighted by Gasteiger charge is -2.31. The molecule has 1 aliphatic heterocycles. The van der Waals surface area contributed by atoms with Gasteiger partial charge in [0.25, 0.3) is 5.91 Å². The van der Waals surface area contributed by atoms with Gasteiger partial charge in [0.15, 0.2) is 0 Å². The van der Waals surface area contributed by atoms with Crippen molar-refractivity contribution in [3.05, 3.63) is 59.7 Å². The molecule has 2 aromatic rings. The van der Waals surface area contributed by atoms with Crippen molar-refractivity contribution in [3.8, 4) is 0 Å². The van der Waals surface area contributed by atoms with Crippen LogP contribution in [0.3, 0.4) is 0 Å². The molecule has 10 heteroatoms. The van der Waals surface area contributed by atoms with Crippen molar-refractivity contribution in [2.24, 2.45) is 5.92 Å². The van der Waals surface area contributed by atoms with Gasteiger partial charge < -0.3 is 20.9 Å². The van der Waals surface area contributed by atoms with Crippen molar-refractivity contribution in [3.63, 3.8) is 0 Å². The molecular formula is C23H25F3N4O3. The molecule has 1 aliphatic rings. The van der Waals surface area contributed by atoms with Crippen LogP contribution in [-0.4, -0.2) is 42.4 Å². The van der Waals surface area contributed by atoms with E-state index in [2.05, 4.69) is 16.0 Å². The Hall–Kier alpha value is -3.56. The minimum Gasteiger partial charge on any atom is -0.339 e. The second-order valence-corrected chi connectivity index (χ2v) is 7.70. The number of benzene rings is 2. The van der Waals surface area contributed by atoms with Crippen LogP contribution in [0.25, 0.3) is 0 Å². The number of hydrogen-bond acceptors (Lipinski definition) is 3. The first-order chi connectivity index (χ1) is 15.7. The summed E-state index contributed by atoms with van der Waals surface area (Å²) < 4.78 is 38.1. The van der Waals surface area contributed by atoms with E-state index in [0.29, 0.717) is 43.9 Å². The summed E-state index contributed by atoms with van der Waals surface area (Å²) in [7, 11) is 0. The van der Waals surface area contributed by atoms with Gasteiger partial charge in [-0.15, -0.1) is 0 Å². The predicted octanol–water partition coefficient (Wildman–Crippen LogP) is 4.34. The third-order valence-electron chi connectivity index (χ3n) is 5.34. The monoisotopic (exact) mass is 462 g/mol. The Labute approximate surface area is 189 Å². The number of halogens is 3. The molecule has 7 nitrogen and oxygen atoms in total. The first-order valence-electron chi connectivity index (χ1n) is 10.6. The molecule has 0 aliphatic carbocycles. The fourth-order valence-corrected chi connectivity index (χ4v) is 3.58. The van der Waals surface area contributed by atoms with Crippen molar-refractivity contribution in [2.45, 2.75) is 25.9 Å². The Kier molecular flexibility index (Phi) is 7.57. The molecule has 0 spiro atoms. The van der Waals surface area contributed by atoms with E-state index in [4.69, 9.17) is 0 Å². The van der Waals surface area contributed by atoms with Gasteiger partial charge in [0.1, 0.15) is 0 Å². The second kappa shape index (κ2) is 10.4. The van der Waals surface area contributed by atoms with E-state index < -0.39 is 11.7 Å². The molecule has 0 atom stereocenters. The van der Waals surface area contributed by atoms with Crippen LogP contribution in [-0.2, 0) is 11.0 Å². The van der Waals surface area contributed by atoms with E-state index in [1.807, 2.05) is 0 Å². The Bertz CT molecular complexity index is 1000. The van der Waals surface area contributed by atoms with E-state index in [1.54, 1.807) is 36.1 Å². The number of nitrogens with one attached hydrogen (secondary N) is 3. The van der Waals surface area contributed by atoms with Crippen LogP contribution >= 0.6 is 0 Å². The van der Waals surface area contributed by atoms with E-state index >= 15 is 0 Å². The number of anilines is 2. The number of carbonyl (C=O) groups is 3. The quantitative estimate of drug-likeness (QED) is 0.618. The van der Waals surface area contributed by atoms with E-state index in [1.165, 1.54) is 12.1 Å². The zero-order valence-electron chi connectivity index (χ0n) is 18.0. The van der Waals surface area contributed by atoms with Gasteiger partial charge >= 0.3 is 12.2 Å². The smallest absolute Gasteiger partial charge is 0.339 e. The van der Waals surface area contributed by atoms with Crippen LogP contribution in [0.1, 0.15) is 35.7 Å². The first-order valence-corrected chi connectivity index (χ1v) is 10.6. The molecule has 4 amide bonds. The number of piperidine rings is 1. The molecule has 0 aromatic heterocycles. The summed E-state index contributed by atoms with van der Waals surface area (Å²) in [4.78, 5) is 38.5. The van der Waals surface area contributed by atoms with E-state index in [0.717, 1.165) is 12.1 Å². The van der Waals surface area contributed by atoms with Crippen LogP contribution in [0.2, 0.25) is 0 Å². The van der Waals surface area contributed by atoms with Gasteiger partial charge in [-0.3, -0.25) is 9.59 Å². The zero-order valence-corrected chi connectivity index (χ0v) is 18.0. The number of alkyl halides is 3. The van der Waals surface area contributed by atoms with E-state index in [9.17, 15) is 27.6 Å². The molecule has 0 saturated carbocycles. The molecule has 2 aromatic carbocycles. The average Bonchev–Trinajstić information content (AvgIpc) is 2.78. The Balaban J connectivity index is 1.53. The minimum absolute atomic E-state index is 0.183. The number of hydrogen-bond donors (Lipinski definition) is 3. The topological polar surface area (TPSA) is 90.5 Å². The van der Waals surface area contributed by atoms with Crippen LogP contribution in [0.5, 0.6) is 0 Å². The molecule has 3 rings (SSSR count).